The molecule has 1 unspecified atom stereocenters. The largest absolute Gasteiger partial charge is 0.493 e. The van der Waals surface area contributed by atoms with Crippen LogP contribution in [0.4, 0.5) is 0 Å². The van der Waals surface area contributed by atoms with E-state index in [-0.39, 0.29) is 0 Å². The van der Waals surface area contributed by atoms with E-state index in [0.717, 1.165) is 5.56 Å². The van der Waals surface area contributed by atoms with Gasteiger partial charge in [-0.05, 0) is 29.7 Å². The molecular formula is C13H18O5. The van der Waals surface area contributed by atoms with Crippen LogP contribution in [0.15, 0.2) is 12.1 Å². The van der Waals surface area contributed by atoms with Crippen LogP contribution in [0.3, 0.4) is 0 Å². The number of aliphatic hydroxyl groups is 1. The van der Waals surface area contributed by atoms with Gasteiger partial charge in [0.15, 0.2) is 17.6 Å². The summed E-state index contributed by atoms with van der Waals surface area (Å²) in [6, 6.07) is 3.35. The standard InChI is InChI=1S/C13H18O5/c1-5-8-6-10(16-2)11(17-3)7-9(8)12(14)13(15)18-4/h6-7,12,14H,5H2,1-4H3. The first kappa shape index (κ1) is 14.3. The predicted molar refractivity (Wildman–Crippen MR) is 65.9 cm³/mol. The van der Waals surface area contributed by atoms with E-state index in [9.17, 15) is 9.90 Å². The maximum atomic E-state index is 11.4. The third-order valence-electron chi connectivity index (χ3n) is 2.75. The summed E-state index contributed by atoms with van der Waals surface area (Å²) in [5.41, 5.74) is 1.28. The Hall–Kier alpha value is -1.75. The molecule has 0 saturated carbocycles. The van der Waals surface area contributed by atoms with Crippen LogP contribution in [0, 0.1) is 0 Å². The topological polar surface area (TPSA) is 65.0 Å². The summed E-state index contributed by atoms with van der Waals surface area (Å²) < 4.78 is 14.9. The van der Waals surface area contributed by atoms with Crippen molar-refractivity contribution < 1.29 is 24.1 Å². The summed E-state index contributed by atoms with van der Waals surface area (Å²) in [6.07, 6.45) is -0.659. The number of hydrogen-bond donors (Lipinski definition) is 1. The summed E-state index contributed by atoms with van der Waals surface area (Å²) >= 11 is 0. The van der Waals surface area contributed by atoms with Gasteiger partial charge in [-0.3, -0.25) is 0 Å². The molecule has 18 heavy (non-hydrogen) atoms. The highest BCUT2D eigenvalue weighted by Crippen LogP contribution is 2.33. The summed E-state index contributed by atoms with van der Waals surface area (Å²) in [4.78, 5) is 11.4. The number of aliphatic hydroxyl groups excluding tert-OH is 1. The number of aryl methyl sites for hydroxylation is 1. The molecule has 1 aromatic carbocycles. The Bertz CT molecular complexity index is 428. The fraction of sp³-hybridized carbons (Fsp3) is 0.462. The van der Waals surface area contributed by atoms with E-state index in [1.807, 2.05) is 6.92 Å². The molecule has 0 aliphatic rings. The molecule has 0 aliphatic carbocycles. The first-order valence-electron chi connectivity index (χ1n) is 5.59. The van der Waals surface area contributed by atoms with Crippen molar-refractivity contribution in [3.8, 4) is 11.5 Å². The van der Waals surface area contributed by atoms with Gasteiger partial charge in [-0.1, -0.05) is 6.92 Å². The quantitative estimate of drug-likeness (QED) is 0.806. The Morgan fingerprint density at radius 3 is 2.22 bits per heavy atom. The minimum absolute atomic E-state index is 0.465. The van der Waals surface area contributed by atoms with Gasteiger partial charge in [0.2, 0.25) is 0 Å². The number of esters is 1. The van der Waals surface area contributed by atoms with Gasteiger partial charge in [0.25, 0.3) is 0 Å². The number of ether oxygens (including phenoxy) is 3. The Kier molecular flexibility index (Phi) is 4.97. The van der Waals surface area contributed by atoms with Gasteiger partial charge in [0.1, 0.15) is 0 Å². The number of carbonyl (C=O) groups excluding carboxylic acids is 1. The van der Waals surface area contributed by atoms with Crippen LogP contribution in [-0.4, -0.2) is 32.4 Å². The molecule has 5 nitrogen and oxygen atoms in total. The van der Waals surface area contributed by atoms with Gasteiger partial charge in [-0.25, -0.2) is 4.79 Å². The van der Waals surface area contributed by atoms with Gasteiger partial charge < -0.3 is 19.3 Å². The average Bonchev–Trinajstić information content (AvgIpc) is 2.43. The SMILES string of the molecule is CCc1cc(OC)c(OC)cc1C(O)C(=O)OC. The fourth-order valence-corrected chi connectivity index (χ4v) is 1.74. The van der Waals surface area contributed by atoms with Gasteiger partial charge >= 0.3 is 5.97 Å². The Labute approximate surface area is 106 Å². The van der Waals surface area contributed by atoms with Crippen molar-refractivity contribution in [1.82, 2.24) is 0 Å². The molecule has 1 atom stereocenters. The Morgan fingerprint density at radius 1 is 1.22 bits per heavy atom. The molecule has 0 saturated heterocycles. The van der Waals surface area contributed by atoms with Gasteiger partial charge in [-0.15, -0.1) is 0 Å². The van der Waals surface area contributed by atoms with Crippen LogP contribution >= 0.6 is 0 Å². The second-order valence-electron chi connectivity index (χ2n) is 3.69. The lowest BCUT2D eigenvalue weighted by atomic mass is 9.99. The molecule has 0 fully saturated rings. The van der Waals surface area contributed by atoms with E-state index < -0.39 is 12.1 Å². The molecule has 1 aromatic rings. The highest BCUT2D eigenvalue weighted by molar-refractivity contribution is 5.77. The number of rotatable bonds is 5. The first-order chi connectivity index (χ1) is 8.58. The van der Waals surface area contributed by atoms with Crippen molar-refractivity contribution in [2.45, 2.75) is 19.4 Å². The van der Waals surface area contributed by atoms with Crippen molar-refractivity contribution in [1.29, 1.82) is 0 Å². The van der Waals surface area contributed by atoms with Crippen molar-refractivity contribution >= 4 is 5.97 Å². The van der Waals surface area contributed by atoms with Gasteiger partial charge in [0.05, 0.1) is 21.3 Å². The summed E-state index contributed by atoms with van der Waals surface area (Å²) in [5.74, 6) is 0.333. The molecular weight excluding hydrogens is 236 g/mol. The van der Waals surface area contributed by atoms with E-state index in [4.69, 9.17) is 9.47 Å². The first-order valence-corrected chi connectivity index (χ1v) is 5.59. The van der Waals surface area contributed by atoms with Crippen LogP contribution in [0.5, 0.6) is 11.5 Å². The molecule has 0 amide bonds. The number of hydrogen-bond acceptors (Lipinski definition) is 5. The molecule has 0 bridgehead atoms. The van der Waals surface area contributed by atoms with Crippen LogP contribution < -0.4 is 9.47 Å². The van der Waals surface area contributed by atoms with Crippen LogP contribution in [0.2, 0.25) is 0 Å². The normalized spacial score (nSPS) is 11.8. The summed E-state index contributed by atoms with van der Waals surface area (Å²) in [5, 5.41) is 9.91. The van der Waals surface area contributed by atoms with E-state index in [2.05, 4.69) is 4.74 Å². The fourth-order valence-electron chi connectivity index (χ4n) is 1.74. The second kappa shape index (κ2) is 6.26. The number of benzene rings is 1. The lowest BCUT2D eigenvalue weighted by Crippen LogP contribution is -2.15. The van der Waals surface area contributed by atoms with Crippen LogP contribution in [-0.2, 0) is 16.0 Å². The lowest BCUT2D eigenvalue weighted by molar-refractivity contribution is -0.150. The molecule has 0 spiro atoms. The molecule has 0 aromatic heterocycles. The molecule has 1 N–H and O–H groups in total. The zero-order chi connectivity index (χ0) is 13.7. The van der Waals surface area contributed by atoms with E-state index >= 15 is 0 Å². The summed E-state index contributed by atoms with van der Waals surface area (Å²) in [6.45, 7) is 1.93. The van der Waals surface area contributed by atoms with Crippen LogP contribution in [0.25, 0.3) is 0 Å². The van der Waals surface area contributed by atoms with Gasteiger partial charge in [0, 0.05) is 0 Å². The third-order valence-corrected chi connectivity index (χ3v) is 2.75. The van der Waals surface area contributed by atoms with E-state index in [0.29, 0.717) is 23.5 Å². The van der Waals surface area contributed by atoms with Crippen molar-refractivity contribution in [2.75, 3.05) is 21.3 Å². The number of carbonyl (C=O) groups is 1. The average molecular weight is 254 g/mol. The van der Waals surface area contributed by atoms with Gasteiger partial charge in [-0.2, -0.15) is 0 Å². The van der Waals surface area contributed by atoms with Crippen molar-refractivity contribution in [2.24, 2.45) is 0 Å². The molecule has 0 aliphatic heterocycles. The van der Waals surface area contributed by atoms with E-state index in [1.54, 1.807) is 12.1 Å². The molecule has 1 rings (SSSR count). The van der Waals surface area contributed by atoms with Crippen molar-refractivity contribution in [3.63, 3.8) is 0 Å². The molecule has 0 radical (unpaired) electrons. The Morgan fingerprint density at radius 2 is 1.78 bits per heavy atom. The molecule has 5 heteroatoms. The monoisotopic (exact) mass is 254 g/mol. The minimum atomic E-state index is -1.32. The maximum absolute atomic E-state index is 11.4. The number of methoxy groups -OCH3 is 3. The highest BCUT2D eigenvalue weighted by Gasteiger charge is 2.23. The predicted octanol–water partition coefficient (Wildman–Crippen LogP) is 1.47. The Balaban J connectivity index is 3.29. The van der Waals surface area contributed by atoms with E-state index in [1.165, 1.54) is 21.3 Å². The van der Waals surface area contributed by atoms with Crippen molar-refractivity contribution in [3.05, 3.63) is 23.3 Å². The molecule has 0 heterocycles. The zero-order valence-corrected chi connectivity index (χ0v) is 11.0. The smallest absolute Gasteiger partial charge is 0.339 e. The minimum Gasteiger partial charge on any atom is -0.493 e. The summed E-state index contributed by atoms with van der Waals surface area (Å²) in [7, 11) is 4.27. The lowest BCUT2D eigenvalue weighted by Gasteiger charge is -2.16. The zero-order valence-electron chi connectivity index (χ0n) is 11.0. The maximum Gasteiger partial charge on any atom is 0.339 e. The van der Waals surface area contributed by atoms with Crippen LogP contribution in [0.1, 0.15) is 24.2 Å². The second-order valence-corrected chi connectivity index (χ2v) is 3.69. The molecule has 100 valence electrons. The highest BCUT2D eigenvalue weighted by atomic mass is 16.5. The third kappa shape index (κ3) is 2.73.